The summed E-state index contributed by atoms with van der Waals surface area (Å²) in [4.78, 5) is 23.2. The molecular weight excluding hydrogens is 240 g/mol. The number of hydrogen-bond acceptors (Lipinski definition) is 2. The highest BCUT2D eigenvalue weighted by atomic mass is 16.2. The van der Waals surface area contributed by atoms with E-state index in [0.717, 1.165) is 11.3 Å². The van der Waals surface area contributed by atoms with E-state index in [-0.39, 0.29) is 11.8 Å². The lowest BCUT2D eigenvalue weighted by atomic mass is 10.00. The second kappa shape index (κ2) is 6.05. The third-order valence-electron chi connectivity index (χ3n) is 2.98. The van der Waals surface area contributed by atoms with Gasteiger partial charge in [-0.3, -0.25) is 9.59 Å². The molecule has 0 aliphatic carbocycles. The van der Waals surface area contributed by atoms with Crippen LogP contribution < -0.4 is 10.6 Å². The number of nitrogens with one attached hydrogen (secondary N) is 2. The van der Waals surface area contributed by atoms with Gasteiger partial charge in [0.2, 0.25) is 5.91 Å². The van der Waals surface area contributed by atoms with Gasteiger partial charge in [0, 0.05) is 30.6 Å². The van der Waals surface area contributed by atoms with Crippen LogP contribution >= 0.6 is 0 Å². The highest BCUT2D eigenvalue weighted by molar-refractivity contribution is 5.97. The predicted octanol–water partition coefficient (Wildman–Crippen LogP) is 1.71. The summed E-state index contributed by atoms with van der Waals surface area (Å²) >= 11 is 0. The number of amides is 2. The van der Waals surface area contributed by atoms with Gasteiger partial charge in [-0.05, 0) is 37.1 Å². The molecule has 0 bridgehead atoms. The van der Waals surface area contributed by atoms with Gasteiger partial charge in [-0.1, -0.05) is 0 Å². The summed E-state index contributed by atoms with van der Waals surface area (Å²) in [5.74, 6) is 5.61. The number of fused-ring (bicyclic) bond motifs is 1. The van der Waals surface area contributed by atoms with E-state index in [9.17, 15) is 9.59 Å². The second-order valence-corrected chi connectivity index (χ2v) is 4.35. The minimum atomic E-state index is -0.0994. The predicted molar refractivity (Wildman–Crippen MR) is 73.8 cm³/mol. The number of anilines is 1. The van der Waals surface area contributed by atoms with Crippen molar-refractivity contribution in [2.75, 3.05) is 11.9 Å². The van der Waals surface area contributed by atoms with Gasteiger partial charge < -0.3 is 10.6 Å². The molecule has 2 amide bonds. The van der Waals surface area contributed by atoms with E-state index in [1.807, 2.05) is 6.07 Å². The van der Waals surface area contributed by atoms with Crippen LogP contribution in [0.2, 0.25) is 0 Å². The van der Waals surface area contributed by atoms with Gasteiger partial charge in [0.15, 0.2) is 0 Å². The van der Waals surface area contributed by atoms with Crippen molar-refractivity contribution in [3.8, 4) is 11.8 Å². The quantitative estimate of drug-likeness (QED) is 0.639. The molecule has 0 radical (unpaired) electrons. The Labute approximate surface area is 112 Å². The maximum atomic E-state index is 11.9. The molecule has 0 fully saturated rings. The first kappa shape index (κ1) is 13.2. The largest absolute Gasteiger partial charge is 0.351 e. The molecular formula is C15H16N2O2. The zero-order chi connectivity index (χ0) is 13.7. The van der Waals surface area contributed by atoms with Crippen molar-refractivity contribution in [2.45, 2.75) is 26.2 Å². The Kier molecular flexibility index (Phi) is 4.19. The SMILES string of the molecule is CC#CCCNC(=O)c1ccc2c(c1)CCC(=O)N2. The maximum Gasteiger partial charge on any atom is 0.251 e. The first-order valence-corrected chi connectivity index (χ1v) is 6.31. The Hall–Kier alpha value is -2.28. The normalized spacial score (nSPS) is 12.8. The molecule has 0 unspecified atom stereocenters. The van der Waals surface area contributed by atoms with Crippen molar-refractivity contribution in [3.63, 3.8) is 0 Å². The zero-order valence-corrected chi connectivity index (χ0v) is 10.9. The zero-order valence-electron chi connectivity index (χ0n) is 10.9. The molecule has 0 aromatic heterocycles. The average molecular weight is 256 g/mol. The van der Waals surface area contributed by atoms with Gasteiger partial charge in [0.25, 0.3) is 5.91 Å². The van der Waals surface area contributed by atoms with Crippen LogP contribution in [0.25, 0.3) is 0 Å². The number of benzene rings is 1. The molecule has 2 N–H and O–H groups in total. The smallest absolute Gasteiger partial charge is 0.251 e. The summed E-state index contributed by atoms with van der Waals surface area (Å²) in [6.07, 6.45) is 1.82. The highest BCUT2D eigenvalue weighted by Crippen LogP contribution is 2.23. The van der Waals surface area contributed by atoms with Crippen molar-refractivity contribution < 1.29 is 9.59 Å². The Bertz CT molecular complexity index is 567. The van der Waals surface area contributed by atoms with E-state index in [1.54, 1.807) is 19.1 Å². The maximum absolute atomic E-state index is 11.9. The van der Waals surface area contributed by atoms with E-state index in [1.165, 1.54) is 0 Å². The van der Waals surface area contributed by atoms with Gasteiger partial charge in [0.05, 0.1) is 0 Å². The van der Waals surface area contributed by atoms with Crippen LogP contribution in [-0.2, 0) is 11.2 Å². The first-order chi connectivity index (χ1) is 9.20. The van der Waals surface area contributed by atoms with Crippen molar-refractivity contribution in [1.82, 2.24) is 5.32 Å². The van der Waals surface area contributed by atoms with Gasteiger partial charge in [-0.25, -0.2) is 0 Å². The Morgan fingerprint density at radius 2 is 2.26 bits per heavy atom. The second-order valence-electron chi connectivity index (χ2n) is 4.35. The molecule has 98 valence electrons. The van der Waals surface area contributed by atoms with Crippen molar-refractivity contribution in [2.24, 2.45) is 0 Å². The Morgan fingerprint density at radius 3 is 3.05 bits per heavy atom. The van der Waals surface area contributed by atoms with Crippen LogP contribution in [0.1, 0.15) is 35.7 Å². The third kappa shape index (κ3) is 3.35. The lowest BCUT2D eigenvalue weighted by Crippen LogP contribution is -2.25. The number of hydrogen-bond donors (Lipinski definition) is 2. The summed E-state index contributed by atoms with van der Waals surface area (Å²) in [5, 5.41) is 5.62. The fourth-order valence-electron chi connectivity index (χ4n) is 1.99. The van der Waals surface area contributed by atoms with Crippen LogP contribution in [0.3, 0.4) is 0 Å². The standard InChI is InChI=1S/C15H16N2O2/c1-2-3-4-9-16-15(19)12-5-7-13-11(10-12)6-8-14(18)17-13/h5,7,10H,4,6,8-9H2,1H3,(H,16,19)(H,17,18). The molecule has 19 heavy (non-hydrogen) atoms. The Balaban J connectivity index is 2.02. The van der Waals surface area contributed by atoms with E-state index in [2.05, 4.69) is 22.5 Å². The van der Waals surface area contributed by atoms with Crippen LogP contribution in [-0.4, -0.2) is 18.4 Å². The molecule has 0 saturated carbocycles. The highest BCUT2D eigenvalue weighted by Gasteiger charge is 2.16. The number of aryl methyl sites for hydroxylation is 1. The minimum Gasteiger partial charge on any atom is -0.351 e. The molecule has 4 heteroatoms. The third-order valence-corrected chi connectivity index (χ3v) is 2.98. The molecule has 0 saturated heterocycles. The molecule has 1 heterocycles. The molecule has 1 aliphatic heterocycles. The summed E-state index contributed by atoms with van der Waals surface area (Å²) in [6.45, 7) is 2.33. The van der Waals surface area contributed by atoms with E-state index in [4.69, 9.17) is 0 Å². The van der Waals surface area contributed by atoms with Gasteiger partial charge in [-0.15, -0.1) is 11.8 Å². The van der Waals surface area contributed by atoms with E-state index >= 15 is 0 Å². The molecule has 1 aromatic rings. The summed E-state index contributed by atoms with van der Waals surface area (Å²) < 4.78 is 0. The van der Waals surface area contributed by atoms with Gasteiger partial charge in [0.1, 0.15) is 0 Å². The molecule has 2 rings (SSSR count). The molecule has 0 spiro atoms. The van der Waals surface area contributed by atoms with Crippen LogP contribution in [0.5, 0.6) is 0 Å². The lowest BCUT2D eigenvalue weighted by molar-refractivity contribution is -0.116. The van der Waals surface area contributed by atoms with Crippen molar-refractivity contribution >= 4 is 17.5 Å². The number of carbonyl (C=O) groups is 2. The number of rotatable bonds is 3. The van der Waals surface area contributed by atoms with Crippen LogP contribution in [0, 0.1) is 11.8 Å². The summed E-state index contributed by atoms with van der Waals surface area (Å²) in [6, 6.07) is 5.36. The fraction of sp³-hybridized carbons (Fsp3) is 0.333. The molecule has 0 atom stereocenters. The van der Waals surface area contributed by atoms with Crippen molar-refractivity contribution in [1.29, 1.82) is 0 Å². The van der Waals surface area contributed by atoms with Crippen LogP contribution in [0.15, 0.2) is 18.2 Å². The first-order valence-electron chi connectivity index (χ1n) is 6.31. The van der Waals surface area contributed by atoms with E-state index in [0.29, 0.717) is 31.4 Å². The molecule has 1 aliphatic rings. The van der Waals surface area contributed by atoms with E-state index < -0.39 is 0 Å². The molecule has 1 aromatic carbocycles. The number of carbonyl (C=O) groups excluding carboxylic acids is 2. The fourth-order valence-corrected chi connectivity index (χ4v) is 1.99. The molecule has 4 nitrogen and oxygen atoms in total. The van der Waals surface area contributed by atoms with Crippen LogP contribution in [0.4, 0.5) is 5.69 Å². The van der Waals surface area contributed by atoms with Gasteiger partial charge in [-0.2, -0.15) is 0 Å². The monoisotopic (exact) mass is 256 g/mol. The minimum absolute atomic E-state index is 0.0304. The van der Waals surface area contributed by atoms with Gasteiger partial charge >= 0.3 is 0 Å². The topological polar surface area (TPSA) is 58.2 Å². The summed E-state index contributed by atoms with van der Waals surface area (Å²) in [5.41, 5.74) is 2.45. The summed E-state index contributed by atoms with van der Waals surface area (Å²) in [7, 11) is 0. The Morgan fingerprint density at radius 1 is 1.42 bits per heavy atom. The van der Waals surface area contributed by atoms with Crippen molar-refractivity contribution in [3.05, 3.63) is 29.3 Å². The average Bonchev–Trinajstić information content (AvgIpc) is 2.42. The lowest BCUT2D eigenvalue weighted by Gasteiger charge is -2.17.